The number of aromatic nitrogens is 3. The van der Waals surface area contributed by atoms with E-state index in [1.54, 1.807) is 18.4 Å². The minimum absolute atomic E-state index is 0.0225. The molecule has 0 saturated heterocycles. The van der Waals surface area contributed by atoms with Gasteiger partial charge >= 0.3 is 6.03 Å². The van der Waals surface area contributed by atoms with E-state index >= 15 is 0 Å². The van der Waals surface area contributed by atoms with Crippen molar-refractivity contribution in [3.8, 4) is 17.3 Å². The largest absolute Gasteiger partial charge is 0.461 e. The number of thioether (sulfide) groups is 1. The lowest BCUT2D eigenvalue weighted by atomic mass is 10.3. The van der Waals surface area contributed by atoms with Crippen LogP contribution >= 0.6 is 11.8 Å². The summed E-state index contributed by atoms with van der Waals surface area (Å²) in [6.07, 6.45) is 1.56. The topological polar surface area (TPSA) is 102 Å². The fourth-order valence-corrected chi connectivity index (χ4v) is 3.08. The van der Waals surface area contributed by atoms with Crippen LogP contribution in [0.4, 0.5) is 4.79 Å². The summed E-state index contributed by atoms with van der Waals surface area (Å²) in [5.74, 6) is 0.709. The van der Waals surface area contributed by atoms with E-state index in [-0.39, 0.29) is 11.8 Å². The minimum atomic E-state index is -0.517. The second-order valence-corrected chi connectivity index (χ2v) is 6.86. The Morgan fingerprint density at radius 3 is 2.59 bits per heavy atom. The van der Waals surface area contributed by atoms with Crippen LogP contribution in [0, 0.1) is 0 Å². The number of nitrogens with one attached hydrogen (secondary N) is 2. The molecule has 0 aliphatic heterocycles. The molecule has 0 saturated carbocycles. The average molecular weight is 385 g/mol. The third kappa shape index (κ3) is 4.76. The number of urea groups is 1. The molecular formula is C18H19N5O3S. The van der Waals surface area contributed by atoms with Crippen molar-refractivity contribution in [2.75, 3.05) is 5.75 Å². The van der Waals surface area contributed by atoms with Crippen molar-refractivity contribution < 1.29 is 14.0 Å². The number of amides is 3. The molecule has 8 nitrogen and oxygen atoms in total. The standard InChI is InChI=1S/C18H19N5O3S/c1-12(2)19-17(25)20-15(24)11-27-18-22-21-16(14-9-6-10-26-14)23(18)13-7-4-3-5-8-13/h3-10,12H,11H2,1-2H3,(H2,19,20,24,25). The Kier molecular flexibility index (Phi) is 5.92. The number of carbonyl (C=O) groups is 2. The molecular weight excluding hydrogens is 366 g/mol. The Hall–Kier alpha value is -3.07. The molecule has 0 aliphatic carbocycles. The Balaban J connectivity index is 1.78. The highest BCUT2D eigenvalue weighted by Gasteiger charge is 2.19. The molecule has 0 atom stereocenters. The highest BCUT2D eigenvalue weighted by molar-refractivity contribution is 7.99. The van der Waals surface area contributed by atoms with Crippen LogP contribution in [-0.4, -0.2) is 38.5 Å². The number of carbonyl (C=O) groups excluding carboxylic acids is 2. The van der Waals surface area contributed by atoms with Crippen molar-refractivity contribution >= 4 is 23.7 Å². The quantitative estimate of drug-likeness (QED) is 0.633. The predicted molar refractivity (Wildman–Crippen MR) is 102 cm³/mol. The average Bonchev–Trinajstić information content (AvgIpc) is 3.29. The van der Waals surface area contributed by atoms with Crippen LogP contribution in [0.15, 0.2) is 58.3 Å². The molecule has 140 valence electrons. The molecule has 3 rings (SSSR count). The molecule has 3 aromatic rings. The number of nitrogens with zero attached hydrogens (tertiary/aromatic N) is 3. The van der Waals surface area contributed by atoms with Gasteiger partial charge in [0.2, 0.25) is 11.7 Å². The number of furan rings is 1. The van der Waals surface area contributed by atoms with Crippen LogP contribution in [0.5, 0.6) is 0 Å². The summed E-state index contributed by atoms with van der Waals surface area (Å²) in [5.41, 5.74) is 0.842. The Labute approximate surface area is 160 Å². The number of hydrogen-bond acceptors (Lipinski definition) is 6. The van der Waals surface area contributed by atoms with Crippen LogP contribution in [0.25, 0.3) is 17.3 Å². The van der Waals surface area contributed by atoms with Crippen LogP contribution in [0.3, 0.4) is 0 Å². The molecule has 1 aromatic carbocycles. The molecule has 0 aliphatic rings. The van der Waals surface area contributed by atoms with Gasteiger partial charge in [-0.05, 0) is 38.1 Å². The van der Waals surface area contributed by atoms with E-state index in [0.29, 0.717) is 16.7 Å². The van der Waals surface area contributed by atoms with Gasteiger partial charge in [0.1, 0.15) is 0 Å². The van der Waals surface area contributed by atoms with Crippen molar-refractivity contribution in [2.45, 2.75) is 25.0 Å². The van der Waals surface area contributed by atoms with Crippen molar-refractivity contribution in [2.24, 2.45) is 0 Å². The summed E-state index contributed by atoms with van der Waals surface area (Å²) in [4.78, 5) is 23.6. The van der Waals surface area contributed by atoms with Crippen molar-refractivity contribution in [3.05, 3.63) is 48.7 Å². The third-order valence-electron chi connectivity index (χ3n) is 3.39. The van der Waals surface area contributed by atoms with Gasteiger partial charge in [-0.3, -0.25) is 14.7 Å². The smallest absolute Gasteiger partial charge is 0.321 e. The summed E-state index contributed by atoms with van der Waals surface area (Å²) in [6, 6.07) is 12.5. The first-order valence-electron chi connectivity index (χ1n) is 8.32. The zero-order valence-corrected chi connectivity index (χ0v) is 15.7. The van der Waals surface area contributed by atoms with Gasteiger partial charge in [0.05, 0.1) is 12.0 Å². The first-order chi connectivity index (χ1) is 13.0. The summed E-state index contributed by atoms with van der Waals surface area (Å²) in [7, 11) is 0. The molecule has 0 unspecified atom stereocenters. The molecule has 0 spiro atoms. The second-order valence-electron chi connectivity index (χ2n) is 5.92. The minimum Gasteiger partial charge on any atom is -0.461 e. The zero-order chi connectivity index (χ0) is 19.2. The fraction of sp³-hybridized carbons (Fsp3) is 0.222. The van der Waals surface area contributed by atoms with Gasteiger partial charge in [-0.15, -0.1) is 10.2 Å². The van der Waals surface area contributed by atoms with E-state index in [4.69, 9.17) is 4.42 Å². The van der Waals surface area contributed by atoms with Gasteiger partial charge in [-0.1, -0.05) is 30.0 Å². The predicted octanol–water partition coefficient (Wildman–Crippen LogP) is 2.85. The Morgan fingerprint density at radius 2 is 1.93 bits per heavy atom. The summed E-state index contributed by atoms with van der Waals surface area (Å²) < 4.78 is 7.26. The van der Waals surface area contributed by atoms with E-state index in [2.05, 4.69) is 20.8 Å². The van der Waals surface area contributed by atoms with Crippen LogP contribution < -0.4 is 10.6 Å². The fourth-order valence-electron chi connectivity index (χ4n) is 2.33. The number of rotatable bonds is 6. The third-order valence-corrected chi connectivity index (χ3v) is 4.32. The molecule has 2 aromatic heterocycles. The molecule has 9 heteroatoms. The van der Waals surface area contributed by atoms with Crippen LogP contribution in [0.2, 0.25) is 0 Å². The normalized spacial score (nSPS) is 10.8. The molecule has 0 radical (unpaired) electrons. The first kappa shape index (κ1) is 18.7. The molecule has 0 bridgehead atoms. The molecule has 2 N–H and O–H groups in total. The second kappa shape index (κ2) is 8.54. The lowest BCUT2D eigenvalue weighted by Crippen LogP contribution is -2.43. The lowest BCUT2D eigenvalue weighted by Gasteiger charge is -2.10. The van der Waals surface area contributed by atoms with Gasteiger partial charge in [0.15, 0.2) is 10.9 Å². The maximum absolute atomic E-state index is 12.0. The summed E-state index contributed by atoms with van der Waals surface area (Å²) in [5, 5.41) is 13.8. The van der Waals surface area contributed by atoms with Gasteiger partial charge in [0, 0.05) is 11.7 Å². The highest BCUT2D eigenvalue weighted by Crippen LogP contribution is 2.27. The molecule has 0 fully saturated rings. The summed E-state index contributed by atoms with van der Waals surface area (Å²) >= 11 is 1.18. The first-order valence-corrected chi connectivity index (χ1v) is 9.31. The van der Waals surface area contributed by atoms with Gasteiger partial charge in [0.25, 0.3) is 0 Å². The van der Waals surface area contributed by atoms with E-state index in [1.807, 2.05) is 48.7 Å². The lowest BCUT2D eigenvalue weighted by molar-refractivity contribution is -0.117. The van der Waals surface area contributed by atoms with Gasteiger partial charge in [-0.2, -0.15) is 0 Å². The number of hydrogen-bond donors (Lipinski definition) is 2. The maximum atomic E-state index is 12.0. The molecule has 3 amide bonds. The van der Waals surface area contributed by atoms with Crippen molar-refractivity contribution in [1.29, 1.82) is 0 Å². The number of imide groups is 1. The number of benzene rings is 1. The monoisotopic (exact) mass is 385 g/mol. The van der Waals surface area contributed by atoms with Crippen molar-refractivity contribution in [1.82, 2.24) is 25.4 Å². The zero-order valence-electron chi connectivity index (χ0n) is 14.9. The van der Waals surface area contributed by atoms with E-state index in [9.17, 15) is 9.59 Å². The van der Waals surface area contributed by atoms with Crippen LogP contribution in [-0.2, 0) is 4.79 Å². The van der Waals surface area contributed by atoms with E-state index < -0.39 is 11.9 Å². The molecule has 27 heavy (non-hydrogen) atoms. The van der Waals surface area contributed by atoms with Gasteiger partial charge in [-0.25, -0.2) is 4.79 Å². The van der Waals surface area contributed by atoms with Crippen LogP contribution in [0.1, 0.15) is 13.8 Å². The molecule has 2 heterocycles. The maximum Gasteiger partial charge on any atom is 0.321 e. The Bertz CT molecular complexity index is 906. The van der Waals surface area contributed by atoms with Gasteiger partial charge < -0.3 is 9.73 Å². The summed E-state index contributed by atoms with van der Waals surface area (Å²) in [6.45, 7) is 3.63. The Morgan fingerprint density at radius 1 is 1.15 bits per heavy atom. The number of para-hydroxylation sites is 1. The SMILES string of the molecule is CC(C)NC(=O)NC(=O)CSc1nnc(-c2ccco2)n1-c1ccccc1. The van der Waals surface area contributed by atoms with Crippen molar-refractivity contribution in [3.63, 3.8) is 0 Å². The highest BCUT2D eigenvalue weighted by atomic mass is 32.2. The van der Waals surface area contributed by atoms with E-state index in [0.717, 1.165) is 5.69 Å². The van der Waals surface area contributed by atoms with E-state index in [1.165, 1.54) is 11.8 Å².